The number of nitrogens with one attached hydrogen (secondary N) is 1. The SMILES string of the molecule is Nc1ncccc1-c1cc(Cc2ccc(NC3=CCCC=C3)cc2)no1. The fourth-order valence-electron chi connectivity index (χ4n) is 2.94. The number of allylic oxidation sites excluding steroid dienone is 3. The van der Waals surface area contributed by atoms with Crippen molar-refractivity contribution in [3.8, 4) is 11.3 Å². The van der Waals surface area contributed by atoms with E-state index in [-0.39, 0.29) is 0 Å². The summed E-state index contributed by atoms with van der Waals surface area (Å²) in [6.45, 7) is 0. The van der Waals surface area contributed by atoms with Gasteiger partial charge >= 0.3 is 0 Å². The van der Waals surface area contributed by atoms with Crippen molar-refractivity contribution in [1.82, 2.24) is 10.1 Å². The van der Waals surface area contributed by atoms with Gasteiger partial charge in [-0.3, -0.25) is 0 Å². The topological polar surface area (TPSA) is 77.0 Å². The van der Waals surface area contributed by atoms with E-state index in [1.54, 1.807) is 6.20 Å². The number of nitrogen functional groups attached to an aromatic ring is 1. The van der Waals surface area contributed by atoms with Crippen LogP contribution in [0.3, 0.4) is 0 Å². The van der Waals surface area contributed by atoms with Crippen LogP contribution in [0, 0.1) is 0 Å². The summed E-state index contributed by atoms with van der Waals surface area (Å²) in [5, 5.41) is 7.58. The molecule has 5 heteroatoms. The van der Waals surface area contributed by atoms with Crippen molar-refractivity contribution in [2.45, 2.75) is 19.3 Å². The van der Waals surface area contributed by atoms with Gasteiger partial charge in [0, 0.05) is 30.1 Å². The molecule has 3 aromatic rings. The van der Waals surface area contributed by atoms with Crippen LogP contribution >= 0.6 is 0 Å². The van der Waals surface area contributed by atoms with Gasteiger partial charge in [-0.05, 0) is 48.7 Å². The van der Waals surface area contributed by atoms with E-state index >= 15 is 0 Å². The van der Waals surface area contributed by atoms with E-state index in [1.807, 2.05) is 18.2 Å². The Kier molecular flexibility index (Phi) is 4.51. The molecule has 4 rings (SSSR count). The second kappa shape index (κ2) is 7.27. The first kappa shape index (κ1) is 16.1. The molecule has 2 aromatic heterocycles. The molecule has 3 N–H and O–H groups in total. The van der Waals surface area contributed by atoms with Gasteiger partial charge in [-0.2, -0.15) is 0 Å². The summed E-state index contributed by atoms with van der Waals surface area (Å²) < 4.78 is 5.43. The fourth-order valence-corrected chi connectivity index (χ4v) is 2.94. The molecule has 1 aromatic carbocycles. The third-order valence-electron chi connectivity index (χ3n) is 4.29. The smallest absolute Gasteiger partial charge is 0.170 e. The summed E-state index contributed by atoms with van der Waals surface area (Å²) in [4.78, 5) is 4.08. The number of nitrogens with two attached hydrogens (primary N) is 1. The summed E-state index contributed by atoms with van der Waals surface area (Å²) in [6.07, 6.45) is 11.1. The van der Waals surface area contributed by atoms with E-state index in [0.29, 0.717) is 18.0 Å². The highest BCUT2D eigenvalue weighted by Gasteiger charge is 2.10. The number of hydrogen-bond acceptors (Lipinski definition) is 5. The number of pyridine rings is 1. The van der Waals surface area contributed by atoms with E-state index in [9.17, 15) is 0 Å². The van der Waals surface area contributed by atoms with Crippen LogP contribution in [-0.2, 0) is 6.42 Å². The average molecular weight is 344 g/mol. The van der Waals surface area contributed by atoms with Crippen LogP contribution in [0.5, 0.6) is 0 Å². The standard InChI is InChI=1S/C21H20N4O/c22-21-19(7-4-12-23-21)20-14-18(25-26-20)13-15-8-10-17(11-9-15)24-16-5-2-1-3-6-16/h2,4-12,14,24H,1,3,13H2,(H2,22,23). The first-order chi connectivity index (χ1) is 12.8. The van der Waals surface area contributed by atoms with Crippen molar-refractivity contribution in [3.63, 3.8) is 0 Å². The van der Waals surface area contributed by atoms with Crippen LogP contribution in [0.25, 0.3) is 11.3 Å². The van der Waals surface area contributed by atoms with Gasteiger partial charge in [0.1, 0.15) is 5.82 Å². The van der Waals surface area contributed by atoms with Crippen LogP contribution in [0.15, 0.2) is 77.1 Å². The molecule has 0 amide bonds. The van der Waals surface area contributed by atoms with E-state index < -0.39 is 0 Å². The van der Waals surface area contributed by atoms with Crippen molar-refractivity contribution < 1.29 is 4.52 Å². The highest BCUT2D eigenvalue weighted by atomic mass is 16.5. The lowest BCUT2D eigenvalue weighted by Crippen LogP contribution is -1.99. The lowest BCUT2D eigenvalue weighted by molar-refractivity contribution is 0.425. The van der Waals surface area contributed by atoms with Gasteiger partial charge in [-0.25, -0.2) is 4.98 Å². The summed E-state index contributed by atoms with van der Waals surface area (Å²) in [7, 11) is 0. The molecule has 0 saturated heterocycles. The Morgan fingerprint density at radius 1 is 1.12 bits per heavy atom. The zero-order valence-corrected chi connectivity index (χ0v) is 14.4. The maximum atomic E-state index is 5.89. The van der Waals surface area contributed by atoms with E-state index in [2.05, 4.69) is 58.0 Å². The molecule has 0 atom stereocenters. The molecule has 0 unspecified atom stereocenters. The molecule has 5 nitrogen and oxygen atoms in total. The predicted molar refractivity (Wildman–Crippen MR) is 103 cm³/mol. The molecule has 1 aliphatic rings. The van der Waals surface area contributed by atoms with E-state index in [1.165, 1.54) is 5.56 Å². The third-order valence-corrected chi connectivity index (χ3v) is 4.29. The Morgan fingerprint density at radius 3 is 2.77 bits per heavy atom. The Hall–Kier alpha value is -3.34. The summed E-state index contributed by atoms with van der Waals surface area (Å²) in [5.41, 5.74) is 10.9. The second-order valence-corrected chi connectivity index (χ2v) is 6.26. The normalized spacial score (nSPS) is 13.5. The molecule has 0 bridgehead atoms. The quantitative estimate of drug-likeness (QED) is 0.710. The lowest BCUT2D eigenvalue weighted by atomic mass is 10.1. The molecule has 0 radical (unpaired) electrons. The van der Waals surface area contributed by atoms with Gasteiger partial charge in [0.2, 0.25) is 0 Å². The van der Waals surface area contributed by atoms with Gasteiger partial charge in [-0.1, -0.05) is 29.4 Å². The average Bonchev–Trinajstić information content (AvgIpc) is 3.13. The Labute approximate surface area is 152 Å². The first-order valence-electron chi connectivity index (χ1n) is 8.67. The number of hydrogen-bond donors (Lipinski definition) is 2. The molecule has 0 fully saturated rings. The Balaban J connectivity index is 1.44. The number of nitrogens with zero attached hydrogens (tertiary/aromatic N) is 2. The van der Waals surface area contributed by atoms with Gasteiger partial charge in [0.15, 0.2) is 5.76 Å². The first-order valence-corrected chi connectivity index (χ1v) is 8.67. The van der Waals surface area contributed by atoms with Crippen LogP contribution in [0.2, 0.25) is 0 Å². The lowest BCUT2D eigenvalue weighted by Gasteiger charge is -2.10. The summed E-state index contributed by atoms with van der Waals surface area (Å²) >= 11 is 0. The Bertz CT molecular complexity index is 954. The molecular weight excluding hydrogens is 324 g/mol. The van der Waals surface area contributed by atoms with E-state index in [4.69, 9.17) is 10.3 Å². The highest BCUT2D eigenvalue weighted by molar-refractivity contribution is 5.69. The largest absolute Gasteiger partial charge is 0.383 e. The number of benzene rings is 1. The van der Waals surface area contributed by atoms with Crippen molar-refractivity contribution in [2.75, 3.05) is 11.1 Å². The van der Waals surface area contributed by atoms with Crippen LogP contribution in [0.4, 0.5) is 11.5 Å². The zero-order chi connectivity index (χ0) is 17.8. The second-order valence-electron chi connectivity index (χ2n) is 6.26. The number of anilines is 2. The predicted octanol–water partition coefficient (Wildman–Crippen LogP) is 4.56. The minimum Gasteiger partial charge on any atom is -0.383 e. The van der Waals surface area contributed by atoms with Crippen molar-refractivity contribution in [2.24, 2.45) is 0 Å². The van der Waals surface area contributed by atoms with Gasteiger partial charge in [-0.15, -0.1) is 0 Å². The molecule has 2 heterocycles. The van der Waals surface area contributed by atoms with Crippen LogP contribution < -0.4 is 11.1 Å². The molecule has 26 heavy (non-hydrogen) atoms. The zero-order valence-electron chi connectivity index (χ0n) is 14.4. The molecule has 0 spiro atoms. The minimum absolute atomic E-state index is 0.441. The van der Waals surface area contributed by atoms with E-state index in [0.717, 1.165) is 35.5 Å². The molecule has 1 aliphatic carbocycles. The number of rotatable bonds is 5. The summed E-state index contributed by atoms with van der Waals surface area (Å²) in [5.74, 6) is 1.08. The van der Waals surface area contributed by atoms with Crippen LogP contribution in [0.1, 0.15) is 24.1 Å². The van der Waals surface area contributed by atoms with Gasteiger partial charge in [0.05, 0.1) is 11.3 Å². The number of aromatic nitrogens is 2. The van der Waals surface area contributed by atoms with Crippen molar-refractivity contribution in [3.05, 3.63) is 83.8 Å². The van der Waals surface area contributed by atoms with Gasteiger partial charge < -0.3 is 15.6 Å². The third kappa shape index (κ3) is 3.67. The van der Waals surface area contributed by atoms with Crippen molar-refractivity contribution in [1.29, 1.82) is 0 Å². The fraction of sp³-hybridized carbons (Fsp3) is 0.143. The highest BCUT2D eigenvalue weighted by Crippen LogP contribution is 2.25. The van der Waals surface area contributed by atoms with Crippen LogP contribution in [-0.4, -0.2) is 10.1 Å². The molecular formula is C21H20N4O. The Morgan fingerprint density at radius 2 is 2.00 bits per heavy atom. The summed E-state index contributed by atoms with van der Waals surface area (Å²) in [6, 6.07) is 14.0. The molecule has 0 saturated carbocycles. The monoisotopic (exact) mass is 344 g/mol. The van der Waals surface area contributed by atoms with Gasteiger partial charge in [0.25, 0.3) is 0 Å². The minimum atomic E-state index is 0.441. The molecule has 0 aliphatic heterocycles. The van der Waals surface area contributed by atoms with Crippen molar-refractivity contribution >= 4 is 11.5 Å². The molecule has 130 valence electrons. The maximum Gasteiger partial charge on any atom is 0.170 e. The maximum absolute atomic E-state index is 5.89.